The SMILES string of the molecule is CC(=O)c1c(C)cc(C)c(Cn2c(Br)nc3c(=O)n(C)c(=O)n(C)c32)c1C. The molecule has 2 aromatic heterocycles. The third kappa shape index (κ3) is 2.88. The summed E-state index contributed by atoms with van der Waals surface area (Å²) in [5.41, 5.74) is 4.38. The maximum absolute atomic E-state index is 12.4. The molecular weight excluding hydrogens is 412 g/mol. The van der Waals surface area contributed by atoms with Crippen molar-refractivity contribution >= 4 is 32.9 Å². The van der Waals surface area contributed by atoms with Gasteiger partial charge in [0.1, 0.15) is 0 Å². The molecular formula is C19H21BrN4O3. The Bertz CT molecular complexity index is 1230. The van der Waals surface area contributed by atoms with Gasteiger partial charge in [-0.1, -0.05) is 6.07 Å². The fourth-order valence-electron chi connectivity index (χ4n) is 3.77. The Kier molecular flexibility index (Phi) is 4.71. The molecule has 3 rings (SSSR count). The third-order valence-electron chi connectivity index (χ3n) is 5.09. The third-order valence-corrected chi connectivity index (χ3v) is 5.70. The lowest BCUT2D eigenvalue weighted by Gasteiger charge is -2.17. The molecule has 142 valence electrons. The molecule has 0 aliphatic carbocycles. The number of fused-ring (bicyclic) bond motifs is 1. The van der Waals surface area contributed by atoms with E-state index in [-0.39, 0.29) is 11.3 Å². The zero-order chi connectivity index (χ0) is 20.2. The molecule has 0 aliphatic heterocycles. The second kappa shape index (κ2) is 6.60. The Morgan fingerprint density at radius 3 is 2.33 bits per heavy atom. The number of benzene rings is 1. The second-order valence-corrected chi connectivity index (χ2v) is 7.60. The van der Waals surface area contributed by atoms with Crippen molar-refractivity contribution in [2.45, 2.75) is 34.2 Å². The van der Waals surface area contributed by atoms with Gasteiger partial charge in [-0.2, -0.15) is 0 Å². The van der Waals surface area contributed by atoms with Crippen molar-refractivity contribution in [3.63, 3.8) is 0 Å². The number of rotatable bonds is 3. The largest absolute Gasteiger partial charge is 0.332 e. The number of ketones is 1. The minimum absolute atomic E-state index is 0.0158. The predicted octanol–water partition coefficient (Wildman–Crippen LogP) is 2.37. The number of Topliss-reactive ketones (excluding diaryl/α,β-unsaturated/α-hetero) is 1. The number of carbonyl (C=O) groups is 1. The van der Waals surface area contributed by atoms with Gasteiger partial charge in [0.25, 0.3) is 5.56 Å². The van der Waals surface area contributed by atoms with Crippen LogP contribution in [0.3, 0.4) is 0 Å². The summed E-state index contributed by atoms with van der Waals surface area (Å²) >= 11 is 3.42. The topological polar surface area (TPSA) is 78.9 Å². The van der Waals surface area contributed by atoms with E-state index >= 15 is 0 Å². The Morgan fingerprint density at radius 2 is 1.74 bits per heavy atom. The molecule has 1 aromatic carbocycles. The molecule has 0 N–H and O–H groups in total. The van der Waals surface area contributed by atoms with Crippen molar-refractivity contribution in [2.24, 2.45) is 14.1 Å². The van der Waals surface area contributed by atoms with E-state index in [0.717, 1.165) is 26.8 Å². The molecule has 0 bridgehead atoms. The summed E-state index contributed by atoms with van der Waals surface area (Å²) in [4.78, 5) is 41.2. The number of hydrogen-bond acceptors (Lipinski definition) is 4. The molecule has 8 heteroatoms. The lowest BCUT2D eigenvalue weighted by atomic mass is 9.91. The molecule has 0 saturated carbocycles. The molecule has 0 fully saturated rings. The van der Waals surface area contributed by atoms with Crippen LogP contribution < -0.4 is 11.2 Å². The average Bonchev–Trinajstić information content (AvgIpc) is 2.90. The van der Waals surface area contributed by atoms with Crippen LogP contribution >= 0.6 is 15.9 Å². The van der Waals surface area contributed by atoms with Gasteiger partial charge in [0.2, 0.25) is 0 Å². The highest BCUT2D eigenvalue weighted by molar-refractivity contribution is 9.10. The van der Waals surface area contributed by atoms with Crippen molar-refractivity contribution < 1.29 is 4.79 Å². The number of nitrogens with zero attached hydrogens (tertiary/aromatic N) is 4. The summed E-state index contributed by atoms with van der Waals surface area (Å²) in [6.45, 7) is 7.79. The minimum atomic E-state index is -0.436. The zero-order valence-electron chi connectivity index (χ0n) is 16.2. The van der Waals surface area contributed by atoms with Crippen molar-refractivity contribution in [3.05, 3.63) is 59.5 Å². The van der Waals surface area contributed by atoms with Crippen molar-refractivity contribution in [1.82, 2.24) is 18.7 Å². The molecule has 2 heterocycles. The van der Waals surface area contributed by atoms with Crippen LogP contribution in [0.15, 0.2) is 20.4 Å². The average molecular weight is 433 g/mol. The summed E-state index contributed by atoms with van der Waals surface area (Å²) < 4.78 is 4.70. The van der Waals surface area contributed by atoms with Crippen LogP contribution in [-0.2, 0) is 20.6 Å². The zero-order valence-corrected chi connectivity index (χ0v) is 17.8. The monoisotopic (exact) mass is 432 g/mol. The van der Waals surface area contributed by atoms with Crippen LogP contribution in [0, 0.1) is 20.8 Å². The smallest absolute Gasteiger partial charge is 0.300 e. The van der Waals surface area contributed by atoms with Crippen LogP contribution in [0.1, 0.15) is 39.5 Å². The number of halogens is 1. The first-order chi connectivity index (χ1) is 12.6. The highest BCUT2D eigenvalue weighted by atomic mass is 79.9. The van der Waals surface area contributed by atoms with Gasteiger partial charge in [0, 0.05) is 19.7 Å². The number of imidazole rings is 1. The highest BCUT2D eigenvalue weighted by Crippen LogP contribution is 2.26. The van der Waals surface area contributed by atoms with Gasteiger partial charge in [0.05, 0.1) is 6.54 Å². The number of aryl methyl sites for hydroxylation is 3. The second-order valence-electron chi connectivity index (χ2n) is 6.89. The van der Waals surface area contributed by atoms with Gasteiger partial charge in [-0.3, -0.25) is 23.3 Å². The van der Waals surface area contributed by atoms with E-state index in [1.807, 2.05) is 26.8 Å². The van der Waals surface area contributed by atoms with Gasteiger partial charge in [-0.15, -0.1) is 0 Å². The van der Waals surface area contributed by atoms with Crippen LogP contribution in [0.2, 0.25) is 0 Å². The number of aromatic nitrogens is 4. The van der Waals surface area contributed by atoms with Gasteiger partial charge in [0.15, 0.2) is 21.7 Å². The first-order valence-electron chi connectivity index (χ1n) is 8.48. The van der Waals surface area contributed by atoms with Crippen LogP contribution in [0.25, 0.3) is 11.2 Å². The van der Waals surface area contributed by atoms with Crippen molar-refractivity contribution in [2.75, 3.05) is 0 Å². The van der Waals surface area contributed by atoms with Crippen molar-refractivity contribution in [3.8, 4) is 0 Å². The Balaban J connectivity index is 2.33. The Morgan fingerprint density at radius 1 is 1.11 bits per heavy atom. The van der Waals surface area contributed by atoms with E-state index in [4.69, 9.17) is 0 Å². The van der Waals surface area contributed by atoms with E-state index < -0.39 is 11.2 Å². The van der Waals surface area contributed by atoms with Crippen LogP contribution in [-0.4, -0.2) is 24.5 Å². The predicted molar refractivity (Wildman–Crippen MR) is 108 cm³/mol. The fourth-order valence-corrected chi connectivity index (χ4v) is 4.24. The summed E-state index contributed by atoms with van der Waals surface area (Å²) in [5.74, 6) is 0.0158. The lowest BCUT2D eigenvalue weighted by Crippen LogP contribution is -2.37. The van der Waals surface area contributed by atoms with E-state index in [0.29, 0.717) is 22.5 Å². The summed E-state index contributed by atoms with van der Waals surface area (Å²) in [6, 6.07) is 1.99. The summed E-state index contributed by atoms with van der Waals surface area (Å²) in [7, 11) is 3.05. The van der Waals surface area contributed by atoms with Gasteiger partial charge < -0.3 is 0 Å². The lowest BCUT2D eigenvalue weighted by molar-refractivity contribution is 0.101. The molecule has 0 aliphatic rings. The quantitative estimate of drug-likeness (QED) is 0.470. The maximum atomic E-state index is 12.4. The van der Waals surface area contributed by atoms with Gasteiger partial charge >= 0.3 is 5.69 Å². The summed E-state index contributed by atoms with van der Waals surface area (Å²) in [6.07, 6.45) is 0. The van der Waals surface area contributed by atoms with Crippen LogP contribution in [0.5, 0.6) is 0 Å². The molecule has 0 amide bonds. The Labute approximate surface area is 164 Å². The van der Waals surface area contributed by atoms with Crippen molar-refractivity contribution in [1.29, 1.82) is 0 Å². The molecule has 0 saturated heterocycles. The highest BCUT2D eigenvalue weighted by Gasteiger charge is 2.20. The maximum Gasteiger partial charge on any atom is 0.332 e. The first-order valence-corrected chi connectivity index (χ1v) is 9.27. The fraction of sp³-hybridized carbons (Fsp3) is 0.368. The molecule has 7 nitrogen and oxygen atoms in total. The summed E-state index contributed by atoms with van der Waals surface area (Å²) in [5, 5.41) is 0. The van der Waals surface area contributed by atoms with E-state index in [9.17, 15) is 14.4 Å². The Hall–Kier alpha value is -2.48. The molecule has 0 unspecified atom stereocenters. The minimum Gasteiger partial charge on any atom is -0.300 e. The van der Waals surface area contributed by atoms with E-state index in [1.54, 1.807) is 18.5 Å². The molecule has 3 aromatic rings. The van der Waals surface area contributed by atoms with Gasteiger partial charge in [-0.25, -0.2) is 9.78 Å². The van der Waals surface area contributed by atoms with Gasteiger partial charge in [-0.05, 0) is 65.9 Å². The van der Waals surface area contributed by atoms with Crippen LogP contribution in [0.4, 0.5) is 0 Å². The molecule has 0 atom stereocenters. The van der Waals surface area contributed by atoms with E-state index in [1.165, 1.54) is 11.6 Å². The van der Waals surface area contributed by atoms with E-state index in [2.05, 4.69) is 20.9 Å². The molecule has 0 spiro atoms. The number of carbonyl (C=O) groups excluding carboxylic acids is 1. The standard InChI is InChI=1S/C19H21BrN4O3/c1-9-7-10(2)14(12(4)25)11(3)13(9)8-24-16-15(21-18(24)20)17(26)23(6)19(27)22(16)5/h7H,8H2,1-6H3. The number of hydrogen-bond donors (Lipinski definition) is 0. The normalized spacial score (nSPS) is 11.4. The molecule has 0 radical (unpaired) electrons. The molecule has 27 heavy (non-hydrogen) atoms. The first kappa shape index (κ1) is 19.3.